The van der Waals surface area contributed by atoms with Crippen LogP contribution in [0.3, 0.4) is 0 Å². The molecule has 38 heavy (non-hydrogen) atoms. The number of azo groups is 1. The van der Waals surface area contributed by atoms with Crippen molar-refractivity contribution in [3.63, 3.8) is 0 Å². The molecule has 0 aliphatic rings. The Morgan fingerprint density at radius 2 is 1.71 bits per heavy atom. The Hall–Kier alpha value is -4.64. The summed E-state index contributed by atoms with van der Waals surface area (Å²) in [5, 5.41) is 29.5. The maximum absolute atomic E-state index is 11.9. The fourth-order valence-corrected chi connectivity index (χ4v) is 4.65. The lowest BCUT2D eigenvalue weighted by molar-refractivity contribution is -0.385. The van der Waals surface area contributed by atoms with Crippen LogP contribution in [0.15, 0.2) is 83.0 Å². The summed E-state index contributed by atoms with van der Waals surface area (Å²) in [5.74, 6) is 0.197. The maximum Gasteiger partial charge on any atom is 0.330 e. The fourth-order valence-electron chi connectivity index (χ4n) is 3.73. The molecule has 0 aliphatic heterocycles. The molecule has 4 rings (SSSR count). The Kier molecular flexibility index (Phi) is 8.39. The van der Waals surface area contributed by atoms with E-state index < -0.39 is 16.9 Å². The van der Waals surface area contributed by atoms with Gasteiger partial charge in [0.2, 0.25) is 5.13 Å². The quantitative estimate of drug-likeness (QED) is 0.131. The zero-order valence-electron chi connectivity index (χ0n) is 20.6. The van der Waals surface area contributed by atoms with E-state index in [1.807, 2.05) is 55.5 Å². The van der Waals surface area contributed by atoms with Crippen molar-refractivity contribution < 1.29 is 24.3 Å². The van der Waals surface area contributed by atoms with Gasteiger partial charge in [0.05, 0.1) is 29.2 Å². The number of carboxylic acids is 1. The largest absolute Gasteiger partial charge is 0.497 e. The van der Waals surface area contributed by atoms with Crippen molar-refractivity contribution in [1.29, 1.82) is 0 Å². The normalized spacial score (nSPS) is 11.8. The van der Waals surface area contributed by atoms with E-state index in [9.17, 15) is 20.0 Å². The number of carbonyl (C=O) groups is 1. The van der Waals surface area contributed by atoms with E-state index >= 15 is 0 Å². The van der Waals surface area contributed by atoms with Gasteiger partial charge in [0, 0.05) is 23.6 Å². The van der Waals surface area contributed by atoms with Crippen LogP contribution in [0, 0.1) is 10.1 Å². The van der Waals surface area contributed by atoms with Crippen LogP contribution in [0.5, 0.6) is 11.5 Å². The van der Waals surface area contributed by atoms with Crippen LogP contribution < -0.4 is 9.47 Å². The first kappa shape index (κ1) is 26.4. The molecule has 0 fully saturated rings. The highest BCUT2D eigenvalue weighted by molar-refractivity contribution is 7.19. The van der Waals surface area contributed by atoms with Crippen molar-refractivity contribution in [2.24, 2.45) is 10.2 Å². The second-order valence-corrected chi connectivity index (χ2v) is 9.00. The van der Waals surface area contributed by atoms with E-state index in [0.29, 0.717) is 18.1 Å². The summed E-state index contributed by atoms with van der Waals surface area (Å²) >= 11 is 1.26. The van der Waals surface area contributed by atoms with Crippen molar-refractivity contribution >= 4 is 28.1 Å². The summed E-state index contributed by atoms with van der Waals surface area (Å²) in [6.07, 6.45) is -0.182. The SMILES string of the molecule is CCOc1ccc(-c2nc(N=NC(Cc3ccccc3[N+](=O)[O-])C(=O)O)sc2-c2ccc(OC)cc2)cc1. The Balaban J connectivity index is 1.69. The lowest BCUT2D eigenvalue weighted by atomic mass is 10.0. The number of carboxylic acid groups (broad SMARTS) is 1. The minimum Gasteiger partial charge on any atom is -0.497 e. The fraction of sp³-hybridized carbons (Fsp3) is 0.185. The van der Waals surface area contributed by atoms with Crippen molar-refractivity contribution in [1.82, 2.24) is 4.98 Å². The number of thiazole rings is 1. The van der Waals surface area contributed by atoms with Gasteiger partial charge in [-0.3, -0.25) is 10.1 Å². The second-order valence-electron chi connectivity index (χ2n) is 8.02. The minimum atomic E-state index is -1.32. The smallest absolute Gasteiger partial charge is 0.330 e. The summed E-state index contributed by atoms with van der Waals surface area (Å²) in [4.78, 5) is 28.2. The highest BCUT2D eigenvalue weighted by Crippen LogP contribution is 2.41. The van der Waals surface area contributed by atoms with Gasteiger partial charge >= 0.3 is 5.97 Å². The molecule has 0 aliphatic carbocycles. The van der Waals surface area contributed by atoms with Crippen LogP contribution >= 0.6 is 11.3 Å². The zero-order valence-corrected chi connectivity index (χ0v) is 21.4. The lowest BCUT2D eigenvalue weighted by Gasteiger charge is -2.06. The molecule has 10 nitrogen and oxygen atoms in total. The number of methoxy groups -OCH3 is 1. The maximum atomic E-state index is 11.9. The number of ether oxygens (including phenoxy) is 2. The number of para-hydroxylation sites is 1. The van der Waals surface area contributed by atoms with Crippen LogP contribution in [0.1, 0.15) is 12.5 Å². The van der Waals surface area contributed by atoms with Gasteiger partial charge in [0.25, 0.3) is 5.69 Å². The standard InChI is InChI=1S/C27H24N4O6S/c1-3-37-21-14-8-17(9-15-21)24-25(18-10-12-20(36-2)13-11-18)38-27(28-24)30-29-22(26(32)33)16-19-6-4-5-7-23(19)31(34)35/h4-15,22H,3,16H2,1-2H3,(H,32,33). The van der Waals surface area contributed by atoms with Crippen LogP contribution in [0.4, 0.5) is 10.8 Å². The van der Waals surface area contributed by atoms with Gasteiger partial charge < -0.3 is 14.6 Å². The van der Waals surface area contributed by atoms with E-state index in [1.165, 1.54) is 29.5 Å². The van der Waals surface area contributed by atoms with Gasteiger partial charge in [-0.25, -0.2) is 9.78 Å². The first-order valence-corrected chi connectivity index (χ1v) is 12.5. The molecule has 0 bridgehead atoms. The van der Waals surface area contributed by atoms with Crippen LogP contribution in [-0.2, 0) is 11.2 Å². The Labute approximate surface area is 222 Å². The molecular formula is C27H24N4O6S. The first-order valence-electron chi connectivity index (χ1n) is 11.6. The van der Waals surface area contributed by atoms with Gasteiger partial charge in [-0.1, -0.05) is 29.5 Å². The number of nitro groups is 1. The molecule has 11 heteroatoms. The Bertz CT molecular complexity index is 1450. The third-order valence-electron chi connectivity index (χ3n) is 5.58. The highest BCUT2D eigenvalue weighted by Gasteiger charge is 2.23. The third-order valence-corrected chi connectivity index (χ3v) is 6.56. The van der Waals surface area contributed by atoms with Crippen LogP contribution in [-0.4, -0.2) is 40.7 Å². The number of rotatable bonds is 11. The van der Waals surface area contributed by atoms with Gasteiger partial charge in [-0.05, 0) is 61.0 Å². The number of hydrogen-bond donors (Lipinski definition) is 1. The molecule has 1 heterocycles. The molecule has 0 radical (unpaired) electrons. The number of hydrogen-bond acceptors (Lipinski definition) is 9. The average Bonchev–Trinajstić information content (AvgIpc) is 3.36. The summed E-state index contributed by atoms with van der Waals surface area (Å²) in [6.45, 7) is 2.46. The number of benzene rings is 3. The number of nitrogens with zero attached hydrogens (tertiary/aromatic N) is 4. The van der Waals surface area contributed by atoms with Gasteiger partial charge in [-0.15, -0.1) is 5.11 Å². The van der Waals surface area contributed by atoms with Crippen molar-refractivity contribution in [3.05, 3.63) is 88.5 Å². The van der Waals surface area contributed by atoms with E-state index in [4.69, 9.17) is 9.47 Å². The topological polar surface area (TPSA) is 137 Å². The van der Waals surface area contributed by atoms with Crippen molar-refractivity contribution in [2.45, 2.75) is 19.4 Å². The average molecular weight is 533 g/mol. The van der Waals surface area contributed by atoms with Crippen molar-refractivity contribution in [3.8, 4) is 33.2 Å². The highest BCUT2D eigenvalue weighted by atomic mass is 32.1. The van der Waals surface area contributed by atoms with E-state index in [2.05, 4.69) is 15.2 Å². The molecule has 0 saturated carbocycles. The lowest BCUT2D eigenvalue weighted by Crippen LogP contribution is -2.20. The minimum absolute atomic E-state index is 0.164. The van der Waals surface area contributed by atoms with Crippen LogP contribution in [0.2, 0.25) is 0 Å². The van der Waals surface area contributed by atoms with Crippen molar-refractivity contribution in [2.75, 3.05) is 13.7 Å². The third kappa shape index (κ3) is 6.19. The van der Waals surface area contributed by atoms with Gasteiger partial charge in [0.1, 0.15) is 11.5 Å². The molecule has 0 spiro atoms. The van der Waals surface area contributed by atoms with E-state index in [1.54, 1.807) is 13.2 Å². The Morgan fingerprint density at radius 3 is 2.34 bits per heavy atom. The molecule has 194 valence electrons. The summed E-state index contributed by atoms with van der Waals surface area (Å²) < 4.78 is 10.8. The first-order chi connectivity index (χ1) is 18.4. The molecule has 4 aromatic rings. The predicted molar refractivity (Wildman–Crippen MR) is 143 cm³/mol. The molecule has 1 aromatic heterocycles. The number of aliphatic carboxylic acids is 1. The van der Waals surface area contributed by atoms with Gasteiger partial charge in [-0.2, -0.15) is 5.11 Å². The van der Waals surface area contributed by atoms with Gasteiger partial charge in [0.15, 0.2) is 6.04 Å². The van der Waals surface area contributed by atoms with E-state index in [0.717, 1.165) is 21.8 Å². The molecule has 0 saturated heterocycles. The molecule has 1 unspecified atom stereocenters. The summed E-state index contributed by atoms with van der Waals surface area (Å²) in [7, 11) is 1.59. The molecular weight excluding hydrogens is 508 g/mol. The van der Waals surface area contributed by atoms with Crippen LogP contribution in [0.25, 0.3) is 21.7 Å². The summed E-state index contributed by atoms with van der Waals surface area (Å²) in [5.41, 5.74) is 2.46. The molecule has 1 N–H and O–H groups in total. The monoisotopic (exact) mass is 532 g/mol. The molecule has 0 amide bonds. The zero-order chi connectivity index (χ0) is 27.1. The summed E-state index contributed by atoms with van der Waals surface area (Å²) in [6, 6.07) is 19.6. The molecule has 1 atom stereocenters. The predicted octanol–water partition coefficient (Wildman–Crippen LogP) is 6.57. The number of aromatic nitrogens is 1. The Morgan fingerprint density at radius 1 is 1.05 bits per heavy atom. The van der Waals surface area contributed by atoms with E-state index in [-0.39, 0.29) is 22.8 Å². The number of nitro benzene ring substituents is 1. The molecule has 3 aromatic carbocycles. The second kappa shape index (κ2) is 12.1.